The van der Waals surface area contributed by atoms with Crippen LogP contribution in [0.5, 0.6) is 5.75 Å². The second-order valence-electron chi connectivity index (χ2n) is 3.41. The summed E-state index contributed by atoms with van der Waals surface area (Å²) < 4.78 is 9.95. The van der Waals surface area contributed by atoms with Crippen molar-refractivity contribution in [2.24, 2.45) is 0 Å². The Balaban J connectivity index is 2.16. The first kappa shape index (κ1) is 8.96. The van der Waals surface area contributed by atoms with Crippen LogP contribution in [0, 0.1) is 0 Å². The van der Waals surface area contributed by atoms with Crippen LogP contribution in [-0.2, 0) is 14.3 Å². The Morgan fingerprint density at radius 3 is 2.88 bits per heavy atom. The molecule has 1 aromatic rings. The standard InChI is InChI=1S/C11H7NO4/c13-10-5-8-11(14)16-9-4-2-1-3-7(9)12(8)6-15-10/h1-5H,6H2. The topological polar surface area (TPSA) is 55.8 Å². The molecule has 2 aliphatic heterocycles. The van der Waals surface area contributed by atoms with Gasteiger partial charge in [0.25, 0.3) is 0 Å². The smallest absolute Gasteiger partial charge is 0.360 e. The monoisotopic (exact) mass is 217 g/mol. The highest BCUT2D eigenvalue weighted by molar-refractivity contribution is 6.04. The molecule has 0 bridgehead atoms. The fourth-order valence-electron chi connectivity index (χ4n) is 1.72. The fraction of sp³-hybridized carbons (Fsp3) is 0.0909. The van der Waals surface area contributed by atoms with Gasteiger partial charge in [-0.25, -0.2) is 9.59 Å². The molecule has 0 spiro atoms. The van der Waals surface area contributed by atoms with E-state index in [1.807, 2.05) is 6.07 Å². The number of benzene rings is 1. The molecule has 0 aliphatic carbocycles. The number of ether oxygens (including phenoxy) is 2. The number of carbonyl (C=O) groups is 2. The van der Waals surface area contributed by atoms with Crippen molar-refractivity contribution in [3.63, 3.8) is 0 Å². The summed E-state index contributed by atoms with van der Waals surface area (Å²) in [5.74, 6) is -0.583. The Kier molecular flexibility index (Phi) is 1.73. The Morgan fingerprint density at radius 2 is 2.00 bits per heavy atom. The molecule has 0 radical (unpaired) electrons. The van der Waals surface area contributed by atoms with E-state index < -0.39 is 11.9 Å². The number of anilines is 1. The van der Waals surface area contributed by atoms with E-state index in [-0.39, 0.29) is 12.4 Å². The normalized spacial score (nSPS) is 18.0. The maximum Gasteiger partial charge on any atom is 0.360 e. The van der Waals surface area contributed by atoms with Crippen molar-refractivity contribution in [1.82, 2.24) is 0 Å². The number of para-hydroxylation sites is 2. The van der Waals surface area contributed by atoms with Gasteiger partial charge in [-0.1, -0.05) is 12.1 Å². The van der Waals surface area contributed by atoms with Crippen molar-refractivity contribution >= 4 is 17.6 Å². The predicted molar refractivity (Wildman–Crippen MR) is 53.6 cm³/mol. The molecule has 16 heavy (non-hydrogen) atoms. The summed E-state index contributed by atoms with van der Waals surface area (Å²) in [6, 6.07) is 7.10. The van der Waals surface area contributed by atoms with Gasteiger partial charge in [-0.05, 0) is 12.1 Å². The van der Waals surface area contributed by atoms with Gasteiger partial charge in [0.1, 0.15) is 5.70 Å². The zero-order chi connectivity index (χ0) is 11.1. The average Bonchev–Trinajstić information content (AvgIpc) is 2.29. The summed E-state index contributed by atoms with van der Waals surface area (Å²) in [4.78, 5) is 24.3. The van der Waals surface area contributed by atoms with Gasteiger partial charge < -0.3 is 9.47 Å². The summed E-state index contributed by atoms with van der Waals surface area (Å²) in [7, 11) is 0. The number of hydrogen-bond acceptors (Lipinski definition) is 5. The molecule has 0 saturated heterocycles. The molecule has 0 unspecified atom stereocenters. The van der Waals surface area contributed by atoms with E-state index in [0.29, 0.717) is 5.75 Å². The Morgan fingerprint density at radius 1 is 1.19 bits per heavy atom. The van der Waals surface area contributed by atoms with E-state index in [2.05, 4.69) is 0 Å². The third kappa shape index (κ3) is 1.18. The van der Waals surface area contributed by atoms with E-state index in [1.54, 1.807) is 23.1 Å². The number of carbonyl (C=O) groups excluding carboxylic acids is 2. The zero-order valence-corrected chi connectivity index (χ0v) is 8.17. The summed E-state index contributed by atoms with van der Waals surface area (Å²) >= 11 is 0. The number of hydrogen-bond donors (Lipinski definition) is 0. The third-order valence-electron chi connectivity index (χ3n) is 2.45. The van der Waals surface area contributed by atoms with E-state index >= 15 is 0 Å². The van der Waals surface area contributed by atoms with Crippen molar-refractivity contribution in [3.05, 3.63) is 36.0 Å². The third-order valence-corrected chi connectivity index (χ3v) is 2.45. The van der Waals surface area contributed by atoms with Crippen molar-refractivity contribution in [2.75, 3.05) is 11.6 Å². The van der Waals surface area contributed by atoms with E-state index in [0.717, 1.165) is 11.8 Å². The van der Waals surface area contributed by atoms with Crippen LogP contribution in [0.1, 0.15) is 0 Å². The number of rotatable bonds is 0. The quantitative estimate of drug-likeness (QED) is 0.475. The summed E-state index contributed by atoms with van der Waals surface area (Å²) in [5.41, 5.74) is 0.941. The molecule has 0 N–H and O–H groups in total. The zero-order valence-electron chi connectivity index (χ0n) is 8.17. The molecule has 5 nitrogen and oxygen atoms in total. The highest BCUT2D eigenvalue weighted by Crippen LogP contribution is 2.36. The first-order valence-corrected chi connectivity index (χ1v) is 4.73. The SMILES string of the molecule is O=C1C=C2C(=O)Oc3ccccc3N2CO1. The highest BCUT2D eigenvalue weighted by Gasteiger charge is 2.33. The lowest BCUT2D eigenvalue weighted by atomic mass is 10.2. The van der Waals surface area contributed by atoms with Crippen LogP contribution in [-0.4, -0.2) is 18.7 Å². The minimum atomic E-state index is -0.532. The van der Waals surface area contributed by atoms with Crippen LogP contribution >= 0.6 is 0 Å². The molecule has 0 fully saturated rings. The van der Waals surface area contributed by atoms with Gasteiger partial charge in [0.2, 0.25) is 0 Å². The van der Waals surface area contributed by atoms with Gasteiger partial charge in [0.05, 0.1) is 11.8 Å². The van der Waals surface area contributed by atoms with E-state index in [4.69, 9.17) is 9.47 Å². The molecule has 5 heteroatoms. The fourth-order valence-corrected chi connectivity index (χ4v) is 1.72. The Bertz CT molecular complexity index is 520. The number of fused-ring (bicyclic) bond motifs is 3. The van der Waals surface area contributed by atoms with Gasteiger partial charge in [-0.3, -0.25) is 4.90 Å². The second kappa shape index (κ2) is 3.10. The molecule has 0 amide bonds. The molecule has 80 valence electrons. The average molecular weight is 217 g/mol. The first-order valence-electron chi connectivity index (χ1n) is 4.73. The molecular formula is C11H7NO4. The number of nitrogens with zero attached hydrogens (tertiary/aromatic N) is 1. The summed E-state index contributed by atoms with van der Waals surface area (Å²) in [5, 5.41) is 0. The van der Waals surface area contributed by atoms with Gasteiger partial charge >= 0.3 is 11.9 Å². The van der Waals surface area contributed by atoms with Gasteiger partial charge in [0, 0.05) is 0 Å². The van der Waals surface area contributed by atoms with Crippen molar-refractivity contribution in [2.45, 2.75) is 0 Å². The van der Waals surface area contributed by atoms with Crippen LogP contribution in [0.4, 0.5) is 5.69 Å². The first-order chi connectivity index (χ1) is 7.75. The molecular weight excluding hydrogens is 210 g/mol. The van der Waals surface area contributed by atoms with Gasteiger partial charge in [-0.2, -0.15) is 0 Å². The molecule has 2 aliphatic rings. The van der Waals surface area contributed by atoms with Crippen LogP contribution in [0.3, 0.4) is 0 Å². The lowest BCUT2D eigenvalue weighted by Gasteiger charge is -2.32. The number of esters is 2. The van der Waals surface area contributed by atoms with E-state index in [9.17, 15) is 9.59 Å². The predicted octanol–water partition coefficient (Wildman–Crippen LogP) is 0.810. The molecule has 1 aromatic carbocycles. The van der Waals surface area contributed by atoms with Crippen molar-refractivity contribution in [1.29, 1.82) is 0 Å². The minimum Gasteiger partial charge on any atom is -0.441 e. The van der Waals surface area contributed by atoms with Crippen LogP contribution in [0.25, 0.3) is 0 Å². The van der Waals surface area contributed by atoms with Crippen molar-refractivity contribution in [3.8, 4) is 5.75 Å². The Labute approximate surface area is 90.9 Å². The maximum atomic E-state index is 11.6. The van der Waals surface area contributed by atoms with Crippen LogP contribution < -0.4 is 9.64 Å². The van der Waals surface area contributed by atoms with Crippen LogP contribution in [0.2, 0.25) is 0 Å². The van der Waals surface area contributed by atoms with Crippen molar-refractivity contribution < 1.29 is 19.1 Å². The molecule has 0 aromatic heterocycles. The van der Waals surface area contributed by atoms with Gasteiger partial charge in [-0.15, -0.1) is 0 Å². The summed E-state index contributed by atoms with van der Waals surface area (Å²) in [6.45, 7) is 0.0385. The molecule has 2 heterocycles. The Hall–Kier alpha value is -2.30. The minimum absolute atomic E-state index is 0.0385. The van der Waals surface area contributed by atoms with E-state index in [1.165, 1.54) is 0 Å². The molecule has 0 atom stereocenters. The second-order valence-corrected chi connectivity index (χ2v) is 3.41. The van der Waals surface area contributed by atoms with Crippen LogP contribution in [0.15, 0.2) is 36.0 Å². The summed E-state index contributed by atoms with van der Waals surface area (Å²) in [6.07, 6.45) is 1.14. The lowest BCUT2D eigenvalue weighted by Crippen LogP contribution is -2.40. The highest BCUT2D eigenvalue weighted by atomic mass is 16.6. The molecule has 3 rings (SSSR count). The number of cyclic esters (lactones) is 1. The van der Waals surface area contributed by atoms with Gasteiger partial charge in [0.15, 0.2) is 12.5 Å². The maximum absolute atomic E-state index is 11.6. The largest absolute Gasteiger partial charge is 0.441 e. The lowest BCUT2D eigenvalue weighted by molar-refractivity contribution is -0.141. The molecule has 0 saturated carbocycles.